The third kappa shape index (κ3) is 4.42. The Labute approximate surface area is 111 Å². The van der Waals surface area contributed by atoms with Gasteiger partial charge in [-0.1, -0.05) is 0 Å². The molecule has 0 fully saturated rings. The smallest absolute Gasteiger partial charge is 0.251 e. The van der Waals surface area contributed by atoms with Gasteiger partial charge in [0.2, 0.25) is 10.0 Å². The molecule has 7 nitrogen and oxygen atoms in total. The van der Waals surface area contributed by atoms with Crippen LogP contribution in [-0.2, 0) is 10.0 Å². The SMILES string of the molecule is CNS(=O)(=O)CCNC(=O)c1ccc(OC)c(O)c1. The molecule has 19 heavy (non-hydrogen) atoms. The summed E-state index contributed by atoms with van der Waals surface area (Å²) >= 11 is 0. The van der Waals surface area contributed by atoms with Crippen molar-refractivity contribution in [2.75, 3.05) is 26.5 Å². The quantitative estimate of drug-likeness (QED) is 0.665. The zero-order valence-corrected chi connectivity index (χ0v) is 11.5. The van der Waals surface area contributed by atoms with Gasteiger partial charge >= 0.3 is 0 Å². The molecule has 0 radical (unpaired) electrons. The molecule has 0 unspecified atom stereocenters. The van der Waals surface area contributed by atoms with Crippen molar-refractivity contribution in [2.45, 2.75) is 0 Å². The molecule has 1 aromatic rings. The molecular weight excluding hydrogens is 272 g/mol. The summed E-state index contributed by atoms with van der Waals surface area (Å²) in [5, 5.41) is 12.0. The van der Waals surface area contributed by atoms with Crippen molar-refractivity contribution < 1.29 is 23.1 Å². The van der Waals surface area contributed by atoms with Gasteiger partial charge in [0.15, 0.2) is 11.5 Å². The molecule has 0 aromatic heterocycles. The highest BCUT2D eigenvalue weighted by Crippen LogP contribution is 2.25. The number of sulfonamides is 1. The van der Waals surface area contributed by atoms with Crippen molar-refractivity contribution in [1.29, 1.82) is 0 Å². The van der Waals surface area contributed by atoms with E-state index in [1.54, 1.807) is 0 Å². The highest BCUT2D eigenvalue weighted by Gasteiger charge is 2.11. The van der Waals surface area contributed by atoms with Crippen LogP contribution in [0.15, 0.2) is 18.2 Å². The average molecular weight is 288 g/mol. The number of rotatable bonds is 6. The third-order valence-corrected chi connectivity index (χ3v) is 3.77. The van der Waals surface area contributed by atoms with Crippen LogP contribution in [0, 0.1) is 0 Å². The van der Waals surface area contributed by atoms with Crippen molar-refractivity contribution in [3.8, 4) is 11.5 Å². The van der Waals surface area contributed by atoms with E-state index in [9.17, 15) is 18.3 Å². The fourth-order valence-corrected chi connectivity index (χ4v) is 1.91. The van der Waals surface area contributed by atoms with E-state index in [2.05, 4.69) is 10.0 Å². The second kappa shape index (κ2) is 6.39. The van der Waals surface area contributed by atoms with Crippen molar-refractivity contribution in [2.24, 2.45) is 0 Å². The van der Waals surface area contributed by atoms with Gasteiger partial charge in [0.1, 0.15) is 0 Å². The number of carbonyl (C=O) groups excluding carboxylic acids is 1. The Morgan fingerprint density at radius 1 is 1.42 bits per heavy atom. The van der Waals surface area contributed by atoms with E-state index in [0.717, 1.165) is 0 Å². The molecule has 106 valence electrons. The van der Waals surface area contributed by atoms with Gasteiger partial charge in [-0.2, -0.15) is 0 Å². The number of benzene rings is 1. The molecule has 0 atom stereocenters. The second-order valence-electron chi connectivity index (χ2n) is 3.67. The number of phenols is 1. The summed E-state index contributed by atoms with van der Waals surface area (Å²) in [4.78, 5) is 11.7. The van der Waals surface area contributed by atoms with Gasteiger partial charge < -0.3 is 15.2 Å². The Bertz CT molecular complexity index is 556. The first-order valence-corrected chi connectivity index (χ1v) is 7.11. The minimum atomic E-state index is -3.35. The zero-order valence-electron chi connectivity index (χ0n) is 10.6. The predicted molar refractivity (Wildman–Crippen MR) is 69.8 cm³/mol. The number of ether oxygens (including phenoxy) is 1. The molecule has 0 saturated carbocycles. The first kappa shape index (κ1) is 15.3. The van der Waals surface area contributed by atoms with Crippen LogP contribution < -0.4 is 14.8 Å². The van der Waals surface area contributed by atoms with Crippen LogP contribution in [0.25, 0.3) is 0 Å². The first-order valence-electron chi connectivity index (χ1n) is 5.46. The average Bonchev–Trinajstić information content (AvgIpc) is 2.38. The number of phenolic OH excluding ortho intramolecular Hbond substituents is 1. The number of hydrogen-bond acceptors (Lipinski definition) is 5. The maximum Gasteiger partial charge on any atom is 0.251 e. The monoisotopic (exact) mass is 288 g/mol. The molecular formula is C11H16N2O5S. The summed E-state index contributed by atoms with van der Waals surface area (Å²) in [6.07, 6.45) is 0. The molecule has 1 amide bonds. The topological polar surface area (TPSA) is 105 Å². The number of hydrogen-bond donors (Lipinski definition) is 3. The lowest BCUT2D eigenvalue weighted by Gasteiger charge is -2.07. The van der Waals surface area contributed by atoms with E-state index in [1.807, 2.05) is 0 Å². The summed E-state index contributed by atoms with van der Waals surface area (Å²) in [6.45, 7) is -0.0190. The Kier molecular flexibility index (Phi) is 5.13. The lowest BCUT2D eigenvalue weighted by atomic mass is 10.2. The number of aromatic hydroxyl groups is 1. The fraction of sp³-hybridized carbons (Fsp3) is 0.364. The Hall–Kier alpha value is -1.80. The fourth-order valence-electron chi connectivity index (χ4n) is 1.33. The van der Waals surface area contributed by atoms with Gasteiger partial charge in [0.25, 0.3) is 5.91 Å². The van der Waals surface area contributed by atoms with Crippen LogP contribution >= 0.6 is 0 Å². The second-order valence-corrected chi connectivity index (χ2v) is 5.71. The highest BCUT2D eigenvalue weighted by molar-refractivity contribution is 7.89. The van der Waals surface area contributed by atoms with Crippen LogP contribution in [0.3, 0.4) is 0 Å². The molecule has 0 heterocycles. The van der Waals surface area contributed by atoms with Crippen molar-refractivity contribution >= 4 is 15.9 Å². The van der Waals surface area contributed by atoms with Crippen LogP contribution in [0.4, 0.5) is 0 Å². The number of methoxy groups -OCH3 is 1. The molecule has 0 bridgehead atoms. The number of carbonyl (C=O) groups is 1. The summed E-state index contributed by atoms with van der Waals surface area (Å²) in [5.41, 5.74) is 0.222. The van der Waals surface area contributed by atoms with Crippen molar-refractivity contribution in [3.63, 3.8) is 0 Å². The predicted octanol–water partition coefficient (Wildman–Crippen LogP) is -0.320. The first-order chi connectivity index (χ1) is 8.89. The van der Waals surface area contributed by atoms with Crippen molar-refractivity contribution in [3.05, 3.63) is 23.8 Å². The van der Waals surface area contributed by atoms with Gasteiger partial charge in [-0.25, -0.2) is 13.1 Å². The minimum absolute atomic E-state index is 0.0190. The molecule has 0 aliphatic heterocycles. The standard InChI is InChI=1S/C11H16N2O5S/c1-12-19(16,17)6-5-13-11(15)8-3-4-10(18-2)9(14)7-8/h3-4,7,12,14H,5-6H2,1-2H3,(H,13,15). The summed E-state index contributed by atoms with van der Waals surface area (Å²) in [6, 6.07) is 4.18. The van der Waals surface area contributed by atoms with Crippen molar-refractivity contribution in [1.82, 2.24) is 10.0 Å². The van der Waals surface area contributed by atoms with Gasteiger partial charge in [0, 0.05) is 12.1 Å². The zero-order chi connectivity index (χ0) is 14.5. The Morgan fingerprint density at radius 2 is 2.11 bits per heavy atom. The van der Waals surface area contributed by atoms with E-state index < -0.39 is 15.9 Å². The maximum atomic E-state index is 11.7. The summed E-state index contributed by atoms with van der Waals surface area (Å²) in [5.74, 6) is -0.575. The normalized spacial score (nSPS) is 11.1. The third-order valence-electron chi connectivity index (χ3n) is 2.41. The molecule has 0 aliphatic rings. The molecule has 8 heteroatoms. The van der Waals surface area contributed by atoms with Crippen LogP contribution in [-0.4, -0.2) is 45.9 Å². The van der Waals surface area contributed by atoms with Gasteiger partial charge in [-0.3, -0.25) is 4.79 Å². The molecule has 0 saturated heterocycles. The molecule has 1 aromatic carbocycles. The van der Waals surface area contributed by atoms with Gasteiger partial charge in [0.05, 0.1) is 12.9 Å². The van der Waals surface area contributed by atoms with E-state index in [1.165, 1.54) is 32.4 Å². The van der Waals surface area contributed by atoms with E-state index >= 15 is 0 Å². The molecule has 1 rings (SSSR count). The van der Waals surface area contributed by atoms with Crippen LogP contribution in [0.5, 0.6) is 11.5 Å². The molecule has 0 aliphatic carbocycles. The minimum Gasteiger partial charge on any atom is -0.504 e. The van der Waals surface area contributed by atoms with E-state index in [4.69, 9.17) is 4.74 Å². The number of amides is 1. The summed E-state index contributed by atoms with van der Waals surface area (Å²) < 4.78 is 29.3. The maximum absolute atomic E-state index is 11.7. The van der Waals surface area contributed by atoms with Crippen LogP contribution in [0.2, 0.25) is 0 Å². The lowest BCUT2D eigenvalue weighted by Crippen LogP contribution is -2.32. The molecule has 3 N–H and O–H groups in total. The van der Waals surface area contributed by atoms with Gasteiger partial charge in [-0.05, 0) is 25.2 Å². The van der Waals surface area contributed by atoms with E-state index in [0.29, 0.717) is 0 Å². The van der Waals surface area contributed by atoms with Gasteiger partial charge in [-0.15, -0.1) is 0 Å². The Balaban J connectivity index is 2.62. The number of nitrogens with one attached hydrogen (secondary N) is 2. The van der Waals surface area contributed by atoms with Crippen LogP contribution in [0.1, 0.15) is 10.4 Å². The highest BCUT2D eigenvalue weighted by atomic mass is 32.2. The largest absolute Gasteiger partial charge is 0.504 e. The Morgan fingerprint density at radius 3 is 2.63 bits per heavy atom. The van der Waals surface area contributed by atoms with E-state index in [-0.39, 0.29) is 29.4 Å². The summed E-state index contributed by atoms with van der Waals surface area (Å²) in [7, 11) is -0.646. The molecule has 0 spiro atoms. The lowest BCUT2D eigenvalue weighted by molar-refractivity contribution is 0.0955.